The van der Waals surface area contributed by atoms with E-state index in [2.05, 4.69) is 34.5 Å². The van der Waals surface area contributed by atoms with Gasteiger partial charge in [0, 0.05) is 11.4 Å². The summed E-state index contributed by atoms with van der Waals surface area (Å²) in [6.45, 7) is 2.17. The number of rotatable bonds is 3. The van der Waals surface area contributed by atoms with Gasteiger partial charge in [-0.2, -0.15) is 0 Å². The molecule has 0 radical (unpaired) electrons. The van der Waals surface area contributed by atoms with Crippen molar-refractivity contribution in [3.63, 3.8) is 0 Å². The van der Waals surface area contributed by atoms with Crippen LogP contribution in [0.4, 0.5) is 0 Å². The van der Waals surface area contributed by atoms with E-state index < -0.39 is 0 Å². The van der Waals surface area contributed by atoms with Gasteiger partial charge in [0.05, 0.1) is 11.0 Å². The van der Waals surface area contributed by atoms with Crippen LogP contribution in [0.5, 0.6) is 0 Å². The van der Waals surface area contributed by atoms with Crippen molar-refractivity contribution >= 4 is 28.2 Å². The second-order valence-corrected chi connectivity index (χ2v) is 4.06. The minimum atomic E-state index is 0.827. The zero-order valence-corrected chi connectivity index (χ0v) is 9.67. The number of hydrogen-bond acceptors (Lipinski definition) is 1. The smallest absolute Gasteiger partial charge is 0.100 e. The molecule has 0 N–H and O–H groups in total. The van der Waals surface area contributed by atoms with Crippen LogP contribution in [0.15, 0.2) is 24.5 Å². The fourth-order valence-corrected chi connectivity index (χ4v) is 1.89. The van der Waals surface area contributed by atoms with Gasteiger partial charge >= 0.3 is 0 Å². The average molecular weight is 223 g/mol. The summed E-state index contributed by atoms with van der Waals surface area (Å²) in [6, 6.07) is 6.29. The first-order chi connectivity index (χ1) is 7.36. The fraction of sp³-hybridized carbons (Fsp3) is 0.417. The van der Waals surface area contributed by atoms with Gasteiger partial charge in [-0.1, -0.05) is 19.8 Å². The zero-order valence-electron chi connectivity index (χ0n) is 8.91. The monoisotopic (exact) mass is 222 g/mol. The van der Waals surface area contributed by atoms with Gasteiger partial charge < -0.3 is 0 Å². The third-order valence-corrected chi connectivity index (χ3v) is 2.81. The lowest BCUT2D eigenvalue weighted by Crippen LogP contribution is -1.71. The molecule has 0 saturated carbocycles. The molecule has 0 saturated heterocycles. The molecule has 0 amide bonds. The number of unbranched alkanes of at least 4 members (excludes halogenated alkanes) is 2. The highest BCUT2D eigenvalue weighted by Crippen LogP contribution is 2.22. The van der Waals surface area contributed by atoms with Crippen molar-refractivity contribution in [2.75, 3.05) is 5.88 Å². The Morgan fingerprint density at radius 1 is 1.33 bits per heavy atom. The minimum Gasteiger partial charge on any atom is -0.299 e. The second-order valence-electron chi connectivity index (χ2n) is 3.68. The van der Waals surface area contributed by atoms with Crippen molar-refractivity contribution < 1.29 is 0 Å². The number of hydrogen-bond donors (Lipinski definition) is 0. The first-order valence-corrected chi connectivity index (χ1v) is 5.93. The molecule has 3 aromatic rings. The van der Waals surface area contributed by atoms with Gasteiger partial charge in [0.25, 0.3) is 0 Å². The Morgan fingerprint density at radius 3 is 2.60 bits per heavy atom. The van der Waals surface area contributed by atoms with Gasteiger partial charge in [-0.25, -0.2) is 4.98 Å². The summed E-state index contributed by atoms with van der Waals surface area (Å²) in [4.78, 5) is 4.14. The van der Waals surface area contributed by atoms with Gasteiger partial charge in [0.2, 0.25) is 0 Å². The molecule has 0 unspecified atom stereocenters. The molecule has 0 spiro atoms. The van der Waals surface area contributed by atoms with E-state index in [0.29, 0.717) is 0 Å². The van der Waals surface area contributed by atoms with E-state index in [1.165, 1.54) is 30.3 Å². The SMILES string of the molecule is CCCCCCl.c1cc2c3cc1n2cn3. The molecule has 0 aliphatic carbocycles. The number of nitrogens with zero attached hydrogens (tertiary/aromatic N) is 2. The van der Waals surface area contributed by atoms with Gasteiger partial charge in [-0.15, -0.1) is 11.6 Å². The maximum Gasteiger partial charge on any atom is 0.100 e. The highest BCUT2D eigenvalue weighted by molar-refractivity contribution is 6.17. The van der Waals surface area contributed by atoms with Crippen molar-refractivity contribution in [2.45, 2.75) is 26.2 Å². The molecular formula is C12H15ClN2. The quantitative estimate of drug-likeness (QED) is 0.487. The molecule has 3 heteroatoms. The maximum absolute atomic E-state index is 5.38. The van der Waals surface area contributed by atoms with E-state index >= 15 is 0 Å². The Bertz CT molecular complexity index is 444. The Labute approximate surface area is 94.5 Å². The van der Waals surface area contributed by atoms with Gasteiger partial charge in [-0.05, 0) is 24.6 Å². The van der Waals surface area contributed by atoms with Crippen molar-refractivity contribution in [1.29, 1.82) is 0 Å². The number of aromatic nitrogens is 2. The average Bonchev–Trinajstić information content (AvgIpc) is 2.94. The van der Waals surface area contributed by atoms with Crippen LogP contribution < -0.4 is 0 Å². The maximum atomic E-state index is 5.38. The summed E-state index contributed by atoms with van der Waals surface area (Å²) in [5, 5.41) is 0. The van der Waals surface area contributed by atoms with Crippen LogP contribution in [0.1, 0.15) is 26.2 Å². The fourth-order valence-electron chi connectivity index (χ4n) is 1.70. The molecule has 2 nitrogen and oxygen atoms in total. The summed E-state index contributed by atoms with van der Waals surface area (Å²) in [7, 11) is 0. The summed E-state index contributed by atoms with van der Waals surface area (Å²) >= 11 is 5.38. The number of benzene rings is 1. The van der Waals surface area contributed by atoms with E-state index in [1.54, 1.807) is 0 Å². The molecule has 0 fully saturated rings. The molecule has 0 aromatic carbocycles. The molecule has 0 aliphatic heterocycles. The van der Waals surface area contributed by atoms with E-state index in [1.807, 2.05) is 6.33 Å². The highest BCUT2D eigenvalue weighted by atomic mass is 35.5. The summed E-state index contributed by atoms with van der Waals surface area (Å²) in [5.41, 5.74) is 3.62. The first kappa shape index (κ1) is 10.5. The normalized spacial score (nSPS) is 11.1. The molecular weight excluding hydrogens is 208 g/mol. The second kappa shape index (κ2) is 4.67. The van der Waals surface area contributed by atoms with Crippen LogP contribution >= 0.6 is 11.6 Å². The third kappa shape index (κ3) is 2.00. The molecule has 0 aliphatic rings. The lowest BCUT2D eigenvalue weighted by Gasteiger charge is -1.84. The van der Waals surface area contributed by atoms with E-state index in [0.717, 1.165) is 11.4 Å². The Morgan fingerprint density at radius 2 is 2.20 bits per heavy atom. The Balaban J connectivity index is 0.000000127. The number of halogens is 1. The highest BCUT2D eigenvalue weighted by Gasteiger charge is 2.06. The van der Waals surface area contributed by atoms with Crippen molar-refractivity contribution in [1.82, 2.24) is 9.38 Å². The topological polar surface area (TPSA) is 17.3 Å². The molecule has 15 heavy (non-hydrogen) atoms. The van der Waals surface area contributed by atoms with Crippen LogP contribution in [0, 0.1) is 0 Å². The first-order valence-electron chi connectivity index (χ1n) is 5.40. The van der Waals surface area contributed by atoms with Crippen LogP contribution in [0.25, 0.3) is 16.6 Å². The van der Waals surface area contributed by atoms with Crippen LogP contribution in [-0.2, 0) is 0 Å². The molecule has 3 heterocycles. The molecule has 3 rings (SSSR count). The van der Waals surface area contributed by atoms with Crippen LogP contribution in [0.2, 0.25) is 0 Å². The van der Waals surface area contributed by atoms with E-state index in [9.17, 15) is 0 Å². The summed E-state index contributed by atoms with van der Waals surface area (Å²) < 4.78 is 2.09. The van der Waals surface area contributed by atoms with Gasteiger partial charge in [0.1, 0.15) is 6.33 Å². The van der Waals surface area contributed by atoms with Crippen molar-refractivity contribution in [2.24, 2.45) is 0 Å². The zero-order chi connectivity index (χ0) is 10.7. The molecule has 3 aromatic heterocycles. The molecule has 80 valence electrons. The molecule has 0 atom stereocenters. The standard InChI is InChI=1S/C7H4N2.C5H11Cl/c1-2-7-6-3-5(1)9(7)4-8-6;1-2-3-4-5-6/h1-4H;2-5H2,1H3. The Hall–Kier alpha value is -1.02. The van der Waals surface area contributed by atoms with Crippen LogP contribution in [-0.4, -0.2) is 15.3 Å². The predicted molar refractivity (Wildman–Crippen MR) is 65.3 cm³/mol. The third-order valence-electron chi connectivity index (χ3n) is 2.55. The largest absolute Gasteiger partial charge is 0.299 e. The number of imidazole rings is 1. The lowest BCUT2D eigenvalue weighted by molar-refractivity contribution is 0.776. The van der Waals surface area contributed by atoms with Gasteiger partial charge in [0.15, 0.2) is 0 Å². The van der Waals surface area contributed by atoms with Crippen molar-refractivity contribution in [3.8, 4) is 0 Å². The lowest BCUT2D eigenvalue weighted by atomic mass is 10.3. The minimum absolute atomic E-state index is 0.827. The van der Waals surface area contributed by atoms with Gasteiger partial charge in [-0.3, -0.25) is 4.40 Å². The van der Waals surface area contributed by atoms with Crippen LogP contribution in [0.3, 0.4) is 0 Å². The predicted octanol–water partition coefficient (Wildman–Crippen LogP) is 3.78. The van der Waals surface area contributed by atoms with E-state index in [4.69, 9.17) is 11.6 Å². The number of alkyl halides is 1. The van der Waals surface area contributed by atoms with E-state index in [-0.39, 0.29) is 0 Å². The summed E-state index contributed by atoms with van der Waals surface area (Å²) in [6.07, 6.45) is 5.59. The molecule has 4 bridgehead atoms. The van der Waals surface area contributed by atoms with Crippen molar-refractivity contribution in [3.05, 3.63) is 24.5 Å². The summed E-state index contributed by atoms with van der Waals surface area (Å²) in [5.74, 6) is 0.827. The Kier molecular flexibility index (Phi) is 3.27.